The first-order valence-electron chi connectivity index (χ1n) is 5.56. The number of carboxylic acids is 1. The Hall–Kier alpha value is -1.35. The summed E-state index contributed by atoms with van der Waals surface area (Å²) in [6.45, 7) is 2.59. The van der Waals surface area contributed by atoms with Crippen LogP contribution in [-0.2, 0) is 14.9 Å². The van der Waals surface area contributed by atoms with E-state index in [4.69, 9.17) is 4.74 Å². The average molecular weight is 218 g/mol. The lowest BCUT2D eigenvalue weighted by molar-refractivity contribution is -0.150. The van der Waals surface area contributed by atoms with Crippen LogP contribution in [0, 0.1) is 12.8 Å². The van der Waals surface area contributed by atoms with Gasteiger partial charge in [0.05, 0.1) is 18.6 Å². The molecule has 0 radical (unpaired) electrons. The molecule has 0 amide bonds. The van der Waals surface area contributed by atoms with Gasteiger partial charge in [-0.2, -0.15) is 0 Å². The largest absolute Gasteiger partial charge is 0.481 e. The molecule has 1 saturated carbocycles. The smallest absolute Gasteiger partial charge is 0.310 e. The molecular weight excluding hydrogens is 204 g/mol. The fourth-order valence-electron chi connectivity index (χ4n) is 3.24. The Morgan fingerprint density at radius 3 is 2.88 bits per heavy atom. The van der Waals surface area contributed by atoms with Gasteiger partial charge in [0.25, 0.3) is 0 Å². The number of fused-ring (bicyclic) bond motifs is 1. The first-order chi connectivity index (χ1) is 7.65. The van der Waals surface area contributed by atoms with Crippen LogP contribution in [0.3, 0.4) is 0 Å². The first-order valence-corrected chi connectivity index (χ1v) is 5.56. The molecule has 84 valence electrons. The number of carboxylic acid groups (broad SMARTS) is 1. The van der Waals surface area contributed by atoms with E-state index in [0.717, 1.165) is 17.5 Å². The number of hydrogen-bond acceptors (Lipinski definition) is 2. The second-order valence-corrected chi connectivity index (χ2v) is 4.84. The summed E-state index contributed by atoms with van der Waals surface area (Å²) in [5, 5.41) is 9.25. The van der Waals surface area contributed by atoms with Crippen molar-refractivity contribution in [1.82, 2.24) is 0 Å². The van der Waals surface area contributed by atoms with E-state index in [2.05, 4.69) is 0 Å². The SMILES string of the molecule is Cc1ccccc1[C@]12CO[C@H](C1)[C@H]2C(=O)O. The third-order valence-electron chi connectivity index (χ3n) is 4.04. The molecule has 2 heterocycles. The van der Waals surface area contributed by atoms with Crippen molar-refractivity contribution in [3.8, 4) is 0 Å². The number of rotatable bonds is 2. The zero-order valence-corrected chi connectivity index (χ0v) is 9.14. The summed E-state index contributed by atoms with van der Waals surface area (Å²) in [5.74, 6) is -1.08. The van der Waals surface area contributed by atoms with Crippen LogP contribution < -0.4 is 0 Å². The van der Waals surface area contributed by atoms with Crippen molar-refractivity contribution >= 4 is 5.97 Å². The second kappa shape index (κ2) is 3.08. The third kappa shape index (κ3) is 1.04. The second-order valence-electron chi connectivity index (χ2n) is 4.84. The fraction of sp³-hybridized carbons (Fsp3) is 0.462. The lowest BCUT2D eigenvalue weighted by Gasteiger charge is -2.43. The number of aryl methyl sites for hydroxylation is 1. The molecule has 1 aromatic carbocycles. The molecule has 0 unspecified atom stereocenters. The van der Waals surface area contributed by atoms with Crippen LogP contribution in [-0.4, -0.2) is 23.8 Å². The van der Waals surface area contributed by atoms with E-state index in [1.165, 1.54) is 0 Å². The number of ether oxygens (including phenoxy) is 1. The van der Waals surface area contributed by atoms with Crippen LogP contribution in [0.15, 0.2) is 24.3 Å². The summed E-state index contributed by atoms with van der Waals surface area (Å²) in [5.41, 5.74) is 2.05. The Balaban J connectivity index is 2.07. The van der Waals surface area contributed by atoms with E-state index < -0.39 is 5.97 Å². The molecule has 1 N–H and O–H groups in total. The Kier molecular flexibility index (Phi) is 1.89. The summed E-state index contributed by atoms with van der Waals surface area (Å²) in [7, 11) is 0. The van der Waals surface area contributed by atoms with Crippen LogP contribution >= 0.6 is 0 Å². The van der Waals surface area contributed by atoms with Crippen molar-refractivity contribution in [3.63, 3.8) is 0 Å². The molecule has 0 spiro atoms. The van der Waals surface area contributed by atoms with Gasteiger partial charge in [0, 0.05) is 5.41 Å². The predicted octanol–water partition coefficient (Wildman–Crippen LogP) is 1.74. The molecular formula is C13H14O3. The molecule has 0 aromatic heterocycles. The molecule has 4 rings (SSSR count). The molecule has 2 bridgehead atoms. The summed E-state index contributed by atoms with van der Waals surface area (Å²) in [4.78, 5) is 11.3. The lowest BCUT2D eigenvalue weighted by atomic mass is 9.57. The highest BCUT2D eigenvalue weighted by molar-refractivity contribution is 5.76. The Morgan fingerprint density at radius 2 is 2.25 bits per heavy atom. The number of carbonyl (C=O) groups is 1. The summed E-state index contributed by atoms with van der Waals surface area (Å²) >= 11 is 0. The Labute approximate surface area is 94.0 Å². The third-order valence-corrected chi connectivity index (χ3v) is 4.04. The minimum atomic E-state index is -0.725. The van der Waals surface area contributed by atoms with Crippen molar-refractivity contribution in [1.29, 1.82) is 0 Å². The van der Waals surface area contributed by atoms with E-state index in [0.29, 0.717) is 6.61 Å². The molecule has 16 heavy (non-hydrogen) atoms. The van der Waals surface area contributed by atoms with Gasteiger partial charge in [-0.3, -0.25) is 4.79 Å². The average Bonchev–Trinajstić information content (AvgIpc) is 2.75. The topological polar surface area (TPSA) is 46.5 Å². The normalized spacial score (nSPS) is 35.8. The quantitative estimate of drug-likeness (QED) is 0.822. The van der Waals surface area contributed by atoms with E-state index in [9.17, 15) is 9.90 Å². The van der Waals surface area contributed by atoms with Gasteiger partial charge in [-0.15, -0.1) is 0 Å². The van der Waals surface area contributed by atoms with Crippen molar-refractivity contribution in [2.75, 3.05) is 6.61 Å². The van der Waals surface area contributed by atoms with Crippen molar-refractivity contribution in [2.45, 2.75) is 24.9 Å². The molecule has 2 saturated heterocycles. The monoisotopic (exact) mass is 218 g/mol. The predicted molar refractivity (Wildman–Crippen MR) is 58.3 cm³/mol. The molecule has 3 fully saturated rings. The van der Waals surface area contributed by atoms with Gasteiger partial charge < -0.3 is 9.84 Å². The lowest BCUT2D eigenvalue weighted by Crippen LogP contribution is -2.52. The van der Waals surface area contributed by atoms with Crippen LogP contribution in [0.2, 0.25) is 0 Å². The molecule has 2 aliphatic heterocycles. The van der Waals surface area contributed by atoms with Gasteiger partial charge in [-0.25, -0.2) is 0 Å². The zero-order chi connectivity index (χ0) is 11.3. The van der Waals surface area contributed by atoms with E-state index >= 15 is 0 Å². The number of hydrogen-bond donors (Lipinski definition) is 1. The Morgan fingerprint density at radius 1 is 1.50 bits per heavy atom. The van der Waals surface area contributed by atoms with Crippen LogP contribution in [0.5, 0.6) is 0 Å². The van der Waals surface area contributed by atoms with Crippen LogP contribution in [0.4, 0.5) is 0 Å². The van der Waals surface area contributed by atoms with Crippen LogP contribution in [0.1, 0.15) is 17.5 Å². The van der Waals surface area contributed by atoms with Gasteiger partial charge in [-0.1, -0.05) is 24.3 Å². The molecule has 3 heteroatoms. The molecule has 3 nitrogen and oxygen atoms in total. The first kappa shape index (κ1) is 9.85. The number of benzene rings is 1. The standard InChI is InChI=1S/C13H14O3/c1-8-4-2-3-5-9(8)13-6-10(16-7-13)11(13)12(14)15/h2-5,10-11H,6-7H2,1H3,(H,14,15)/t10-,11+,13-/m1/s1. The minimum absolute atomic E-state index is 0.0721. The minimum Gasteiger partial charge on any atom is -0.481 e. The number of aliphatic carboxylic acids is 1. The summed E-state index contributed by atoms with van der Waals surface area (Å²) < 4.78 is 5.53. The van der Waals surface area contributed by atoms with E-state index in [1.54, 1.807) is 0 Å². The zero-order valence-electron chi connectivity index (χ0n) is 9.14. The van der Waals surface area contributed by atoms with Gasteiger partial charge in [-0.05, 0) is 24.5 Å². The molecule has 3 aliphatic rings. The molecule has 3 atom stereocenters. The van der Waals surface area contributed by atoms with E-state index in [1.807, 2.05) is 31.2 Å². The highest BCUT2D eigenvalue weighted by Crippen LogP contribution is 2.57. The van der Waals surface area contributed by atoms with Gasteiger partial charge in [0.15, 0.2) is 0 Å². The van der Waals surface area contributed by atoms with Gasteiger partial charge >= 0.3 is 5.97 Å². The van der Waals surface area contributed by atoms with Crippen molar-refractivity contribution in [2.24, 2.45) is 5.92 Å². The maximum atomic E-state index is 11.3. The van der Waals surface area contributed by atoms with Crippen molar-refractivity contribution in [3.05, 3.63) is 35.4 Å². The maximum Gasteiger partial charge on any atom is 0.310 e. The summed E-state index contributed by atoms with van der Waals surface area (Å²) in [6.07, 6.45) is 0.784. The maximum absolute atomic E-state index is 11.3. The fourth-order valence-corrected chi connectivity index (χ4v) is 3.24. The highest BCUT2D eigenvalue weighted by atomic mass is 16.5. The highest BCUT2D eigenvalue weighted by Gasteiger charge is 2.65. The molecule has 1 aliphatic carbocycles. The van der Waals surface area contributed by atoms with E-state index in [-0.39, 0.29) is 17.4 Å². The Bertz CT molecular complexity index is 450. The summed E-state index contributed by atoms with van der Waals surface area (Å²) in [6, 6.07) is 8.03. The van der Waals surface area contributed by atoms with Gasteiger partial charge in [0.1, 0.15) is 0 Å². The van der Waals surface area contributed by atoms with Crippen LogP contribution in [0.25, 0.3) is 0 Å². The van der Waals surface area contributed by atoms with Crippen molar-refractivity contribution < 1.29 is 14.6 Å². The van der Waals surface area contributed by atoms with Gasteiger partial charge in [0.2, 0.25) is 0 Å². The molecule has 1 aromatic rings.